The number of aromatic nitrogens is 2. The van der Waals surface area contributed by atoms with Crippen LogP contribution < -0.4 is 10.1 Å². The van der Waals surface area contributed by atoms with Gasteiger partial charge in [-0.15, -0.1) is 0 Å². The summed E-state index contributed by atoms with van der Waals surface area (Å²) in [6, 6.07) is 1.79. The van der Waals surface area contributed by atoms with Crippen molar-refractivity contribution in [1.29, 1.82) is 0 Å². The third-order valence-corrected chi connectivity index (χ3v) is 5.11. The molecule has 0 bridgehead atoms. The topological polar surface area (TPSA) is 47.0 Å². The van der Waals surface area contributed by atoms with Gasteiger partial charge in [-0.05, 0) is 26.0 Å². The van der Waals surface area contributed by atoms with Crippen LogP contribution in [0.3, 0.4) is 0 Å². The molecule has 1 aliphatic rings. The largest absolute Gasteiger partial charge is 0.478 e. The van der Waals surface area contributed by atoms with Crippen molar-refractivity contribution >= 4 is 17.7 Å². The molecule has 0 unspecified atom stereocenters. The summed E-state index contributed by atoms with van der Waals surface area (Å²) >= 11 is 1.98. The molecule has 0 spiro atoms. The first-order valence-electron chi connectivity index (χ1n) is 7.03. The highest BCUT2D eigenvalue weighted by atomic mass is 32.2. The van der Waals surface area contributed by atoms with Crippen molar-refractivity contribution in [3.63, 3.8) is 0 Å². The number of nitrogens with one attached hydrogen (secondary N) is 1. The van der Waals surface area contributed by atoms with E-state index in [4.69, 9.17) is 4.74 Å². The molecule has 1 saturated carbocycles. The normalized spacial score (nSPS) is 18.0. The van der Waals surface area contributed by atoms with Gasteiger partial charge in [0.05, 0.1) is 6.61 Å². The molecular weight excluding hydrogens is 258 g/mol. The standard InChI is InChI=1S/C14H23N3OS/c1-3-18-12-7-10-15-13(17-12)16-11-14(19-2)8-5-4-6-9-14/h7,10H,3-6,8-9,11H2,1-2H3,(H,15,16,17). The van der Waals surface area contributed by atoms with Crippen LogP contribution in [0.25, 0.3) is 0 Å². The van der Waals surface area contributed by atoms with Crippen LogP contribution in [0, 0.1) is 0 Å². The number of nitrogens with zero attached hydrogens (tertiary/aromatic N) is 2. The SMILES string of the molecule is CCOc1ccnc(NCC2(SC)CCCCC2)n1. The van der Waals surface area contributed by atoms with E-state index in [0.717, 1.165) is 6.54 Å². The number of ether oxygens (including phenoxy) is 1. The van der Waals surface area contributed by atoms with E-state index in [1.807, 2.05) is 18.7 Å². The Morgan fingerprint density at radius 2 is 2.16 bits per heavy atom. The second kappa shape index (κ2) is 6.98. The van der Waals surface area contributed by atoms with Crippen LogP contribution in [0.1, 0.15) is 39.0 Å². The zero-order valence-corrected chi connectivity index (χ0v) is 12.6. The maximum atomic E-state index is 5.39. The Balaban J connectivity index is 1.94. The molecule has 1 N–H and O–H groups in total. The van der Waals surface area contributed by atoms with Crippen molar-refractivity contribution in [2.24, 2.45) is 0 Å². The van der Waals surface area contributed by atoms with Gasteiger partial charge >= 0.3 is 0 Å². The molecule has 1 fully saturated rings. The van der Waals surface area contributed by atoms with Gasteiger partial charge in [-0.2, -0.15) is 16.7 Å². The van der Waals surface area contributed by atoms with Gasteiger partial charge in [0.25, 0.3) is 0 Å². The number of rotatable bonds is 6. The molecule has 4 nitrogen and oxygen atoms in total. The van der Waals surface area contributed by atoms with Crippen molar-refractivity contribution in [3.8, 4) is 5.88 Å². The second-order valence-corrected chi connectivity index (χ2v) is 6.23. The fourth-order valence-electron chi connectivity index (χ4n) is 2.54. The highest BCUT2D eigenvalue weighted by Crippen LogP contribution is 2.38. The van der Waals surface area contributed by atoms with E-state index in [-0.39, 0.29) is 0 Å². The molecule has 1 aromatic rings. The molecule has 0 amide bonds. The summed E-state index contributed by atoms with van der Waals surface area (Å²) in [5.74, 6) is 1.31. The summed E-state index contributed by atoms with van der Waals surface area (Å²) in [4.78, 5) is 8.62. The van der Waals surface area contributed by atoms with Gasteiger partial charge in [0.2, 0.25) is 11.8 Å². The summed E-state index contributed by atoms with van der Waals surface area (Å²) in [7, 11) is 0. The lowest BCUT2D eigenvalue weighted by atomic mass is 9.88. The van der Waals surface area contributed by atoms with Gasteiger partial charge < -0.3 is 10.1 Å². The minimum absolute atomic E-state index is 0.350. The Hall–Kier alpha value is -0.970. The molecule has 0 atom stereocenters. The lowest BCUT2D eigenvalue weighted by Crippen LogP contribution is -2.35. The Kier molecular flexibility index (Phi) is 5.31. The Labute approximate surface area is 119 Å². The van der Waals surface area contributed by atoms with Crippen LogP contribution in [-0.4, -0.2) is 34.1 Å². The van der Waals surface area contributed by atoms with Gasteiger partial charge in [-0.25, -0.2) is 4.98 Å². The lowest BCUT2D eigenvalue weighted by Gasteiger charge is -2.35. The first-order chi connectivity index (χ1) is 9.28. The summed E-state index contributed by atoms with van der Waals surface area (Å²) in [6.45, 7) is 3.52. The van der Waals surface area contributed by atoms with Gasteiger partial charge in [-0.1, -0.05) is 19.3 Å². The van der Waals surface area contributed by atoms with Crippen molar-refractivity contribution in [1.82, 2.24) is 9.97 Å². The minimum Gasteiger partial charge on any atom is -0.478 e. The zero-order chi connectivity index (χ0) is 13.6. The lowest BCUT2D eigenvalue weighted by molar-refractivity contribution is 0.326. The Morgan fingerprint density at radius 3 is 2.84 bits per heavy atom. The van der Waals surface area contributed by atoms with Gasteiger partial charge in [0.1, 0.15) is 0 Å². The predicted molar refractivity (Wildman–Crippen MR) is 81.0 cm³/mol. The highest BCUT2D eigenvalue weighted by Gasteiger charge is 2.31. The Morgan fingerprint density at radius 1 is 1.37 bits per heavy atom. The molecule has 5 heteroatoms. The van der Waals surface area contributed by atoms with E-state index in [1.54, 1.807) is 12.3 Å². The van der Waals surface area contributed by atoms with Crippen molar-refractivity contribution in [3.05, 3.63) is 12.3 Å². The molecular formula is C14H23N3OS. The van der Waals surface area contributed by atoms with E-state index in [2.05, 4.69) is 21.5 Å². The average Bonchev–Trinajstić information content (AvgIpc) is 2.47. The number of anilines is 1. The van der Waals surface area contributed by atoms with Crippen LogP contribution in [0.2, 0.25) is 0 Å². The fourth-order valence-corrected chi connectivity index (χ4v) is 3.46. The van der Waals surface area contributed by atoms with E-state index in [1.165, 1.54) is 32.1 Å². The molecule has 1 aliphatic carbocycles. The molecule has 0 aromatic carbocycles. The first-order valence-corrected chi connectivity index (χ1v) is 8.25. The summed E-state index contributed by atoms with van der Waals surface area (Å²) < 4.78 is 5.74. The van der Waals surface area contributed by atoms with E-state index >= 15 is 0 Å². The fraction of sp³-hybridized carbons (Fsp3) is 0.714. The maximum absolute atomic E-state index is 5.39. The van der Waals surface area contributed by atoms with E-state index in [9.17, 15) is 0 Å². The van der Waals surface area contributed by atoms with E-state index < -0.39 is 0 Å². The van der Waals surface area contributed by atoms with Crippen LogP contribution in [0.5, 0.6) is 5.88 Å². The second-order valence-electron chi connectivity index (χ2n) is 4.95. The number of hydrogen-bond acceptors (Lipinski definition) is 5. The minimum atomic E-state index is 0.350. The van der Waals surface area contributed by atoms with Crippen molar-refractivity contribution in [2.45, 2.75) is 43.8 Å². The summed E-state index contributed by atoms with van der Waals surface area (Å²) in [5.41, 5.74) is 0. The third kappa shape index (κ3) is 4.00. The van der Waals surface area contributed by atoms with Gasteiger partial charge in [0.15, 0.2) is 0 Å². The summed E-state index contributed by atoms with van der Waals surface area (Å²) in [5, 5.41) is 3.38. The average molecular weight is 281 g/mol. The van der Waals surface area contributed by atoms with Crippen LogP contribution in [0.4, 0.5) is 5.95 Å². The smallest absolute Gasteiger partial charge is 0.225 e. The van der Waals surface area contributed by atoms with Gasteiger partial charge in [0, 0.05) is 23.6 Å². The molecule has 1 heterocycles. The molecule has 0 saturated heterocycles. The van der Waals surface area contributed by atoms with Crippen LogP contribution >= 0.6 is 11.8 Å². The molecule has 106 valence electrons. The zero-order valence-electron chi connectivity index (χ0n) is 11.8. The van der Waals surface area contributed by atoms with Crippen molar-refractivity contribution in [2.75, 3.05) is 24.7 Å². The molecule has 1 aromatic heterocycles. The summed E-state index contributed by atoms with van der Waals surface area (Å²) in [6.07, 6.45) is 10.6. The molecule has 19 heavy (non-hydrogen) atoms. The number of hydrogen-bond donors (Lipinski definition) is 1. The predicted octanol–water partition coefficient (Wildman–Crippen LogP) is 3.35. The van der Waals surface area contributed by atoms with E-state index in [0.29, 0.717) is 23.2 Å². The number of thioether (sulfide) groups is 1. The quantitative estimate of drug-likeness (QED) is 0.866. The maximum Gasteiger partial charge on any atom is 0.225 e. The first kappa shape index (κ1) is 14.4. The molecule has 0 radical (unpaired) electrons. The third-order valence-electron chi connectivity index (χ3n) is 3.69. The van der Waals surface area contributed by atoms with Gasteiger partial charge in [-0.3, -0.25) is 0 Å². The van der Waals surface area contributed by atoms with Crippen molar-refractivity contribution < 1.29 is 4.74 Å². The molecule has 0 aliphatic heterocycles. The Bertz CT molecular complexity index is 394. The highest BCUT2D eigenvalue weighted by molar-refractivity contribution is 8.00. The van der Waals surface area contributed by atoms with Crippen LogP contribution in [0.15, 0.2) is 12.3 Å². The monoisotopic (exact) mass is 281 g/mol. The molecule has 2 rings (SSSR count). The van der Waals surface area contributed by atoms with Crippen LogP contribution in [-0.2, 0) is 0 Å².